The molecule has 0 spiro atoms. The number of nitrogens with one attached hydrogen (secondary N) is 2. The summed E-state index contributed by atoms with van der Waals surface area (Å²) < 4.78 is 16.0. The lowest BCUT2D eigenvalue weighted by atomic mass is 10.0. The number of hydrogen-bond acceptors (Lipinski definition) is 5. The molecule has 31 heavy (non-hydrogen) atoms. The molecule has 1 saturated heterocycles. The Labute approximate surface area is 183 Å². The van der Waals surface area contributed by atoms with Crippen LogP contribution in [0.15, 0.2) is 55.0 Å². The number of aromatic hydroxyl groups is 1. The molecule has 3 heterocycles. The molecule has 2 aromatic heterocycles. The summed E-state index contributed by atoms with van der Waals surface area (Å²) in [5, 5.41) is 21.8. The fourth-order valence-corrected chi connectivity index (χ4v) is 4.20. The summed E-state index contributed by atoms with van der Waals surface area (Å²) in [6, 6.07) is 10.8. The van der Waals surface area contributed by atoms with Gasteiger partial charge in [0.2, 0.25) is 0 Å². The second-order valence-electron chi connectivity index (χ2n) is 7.69. The first-order valence-electron chi connectivity index (χ1n) is 10.2. The van der Waals surface area contributed by atoms with E-state index in [9.17, 15) is 9.50 Å². The Bertz CT molecular complexity index is 1230. The zero-order valence-electron chi connectivity index (χ0n) is 16.6. The van der Waals surface area contributed by atoms with Gasteiger partial charge in [0.05, 0.1) is 28.5 Å². The molecule has 0 amide bonds. The lowest BCUT2D eigenvalue weighted by molar-refractivity contribution is 0.343. The second-order valence-corrected chi connectivity index (χ2v) is 8.10. The minimum absolute atomic E-state index is 0.0232. The van der Waals surface area contributed by atoms with Crippen LogP contribution in [0.2, 0.25) is 5.02 Å². The SMILES string of the molecule is Oc1c(F)cc(-c2ccc3nccc(Nc4cnn(C5CCNCC5)c4)c3c2)cc1Cl. The Hall–Kier alpha value is -3.16. The van der Waals surface area contributed by atoms with Gasteiger partial charge in [-0.25, -0.2) is 4.39 Å². The summed E-state index contributed by atoms with van der Waals surface area (Å²) in [5.41, 5.74) is 3.94. The number of fused-ring (bicyclic) bond motifs is 1. The molecule has 2 aromatic carbocycles. The molecular weight excluding hydrogens is 417 g/mol. The first kappa shape index (κ1) is 19.8. The van der Waals surface area contributed by atoms with Crippen LogP contribution in [-0.4, -0.2) is 33.0 Å². The lowest BCUT2D eigenvalue weighted by Gasteiger charge is -2.22. The third kappa shape index (κ3) is 3.94. The van der Waals surface area contributed by atoms with Gasteiger partial charge in [-0.1, -0.05) is 17.7 Å². The van der Waals surface area contributed by atoms with E-state index in [1.54, 1.807) is 12.3 Å². The number of piperidine rings is 1. The molecule has 0 saturated carbocycles. The Morgan fingerprint density at radius 3 is 2.77 bits per heavy atom. The van der Waals surface area contributed by atoms with Crippen LogP contribution in [0, 0.1) is 5.82 Å². The highest BCUT2D eigenvalue weighted by Gasteiger charge is 2.16. The number of hydrogen-bond donors (Lipinski definition) is 3. The van der Waals surface area contributed by atoms with Crippen LogP contribution in [0.4, 0.5) is 15.8 Å². The van der Waals surface area contributed by atoms with Crippen molar-refractivity contribution in [1.82, 2.24) is 20.1 Å². The van der Waals surface area contributed by atoms with E-state index in [0.717, 1.165) is 53.8 Å². The molecule has 4 aromatic rings. The monoisotopic (exact) mass is 437 g/mol. The van der Waals surface area contributed by atoms with E-state index in [1.807, 2.05) is 41.3 Å². The topological polar surface area (TPSA) is 75.0 Å². The van der Waals surface area contributed by atoms with Gasteiger partial charge in [0.25, 0.3) is 0 Å². The van der Waals surface area contributed by atoms with Gasteiger partial charge in [-0.05, 0) is 67.4 Å². The van der Waals surface area contributed by atoms with Gasteiger partial charge in [0.15, 0.2) is 11.6 Å². The summed E-state index contributed by atoms with van der Waals surface area (Å²) in [4.78, 5) is 4.44. The summed E-state index contributed by atoms with van der Waals surface area (Å²) in [6.45, 7) is 2.01. The zero-order valence-corrected chi connectivity index (χ0v) is 17.4. The minimum atomic E-state index is -0.752. The minimum Gasteiger partial charge on any atom is -0.504 e. The summed E-state index contributed by atoms with van der Waals surface area (Å²) in [5.74, 6) is -1.29. The van der Waals surface area contributed by atoms with Gasteiger partial charge in [0.1, 0.15) is 0 Å². The number of benzene rings is 2. The molecule has 8 heteroatoms. The maximum absolute atomic E-state index is 14.0. The van der Waals surface area contributed by atoms with Crippen molar-refractivity contribution in [3.8, 4) is 16.9 Å². The van der Waals surface area contributed by atoms with Crippen molar-refractivity contribution in [1.29, 1.82) is 0 Å². The van der Waals surface area contributed by atoms with E-state index >= 15 is 0 Å². The van der Waals surface area contributed by atoms with Crippen LogP contribution < -0.4 is 10.6 Å². The first-order valence-corrected chi connectivity index (χ1v) is 10.6. The molecule has 1 fully saturated rings. The molecule has 1 aliphatic rings. The zero-order chi connectivity index (χ0) is 21.4. The van der Waals surface area contributed by atoms with E-state index in [0.29, 0.717) is 11.6 Å². The molecule has 0 aliphatic carbocycles. The first-order chi connectivity index (χ1) is 15.1. The van der Waals surface area contributed by atoms with Crippen molar-refractivity contribution in [2.24, 2.45) is 0 Å². The van der Waals surface area contributed by atoms with Crippen LogP contribution in [0.25, 0.3) is 22.0 Å². The molecule has 158 valence electrons. The Morgan fingerprint density at radius 1 is 1.13 bits per heavy atom. The van der Waals surface area contributed by atoms with Gasteiger partial charge >= 0.3 is 0 Å². The van der Waals surface area contributed by atoms with Crippen LogP contribution in [0.3, 0.4) is 0 Å². The van der Waals surface area contributed by atoms with Gasteiger partial charge in [-0.3, -0.25) is 9.67 Å². The van der Waals surface area contributed by atoms with Gasteiger partial charge in [-0.2, -0.15) is 5.10 Å². The summed E-state index contributed by atoms with van der Waals surface area (Å²) >= 11 is 5.96. The molecule has 0 unspecified atom stereocenters. The Balaban J connectivity index is 1.48. The predicted molar refractivity (Wildman–Crippen MR) is 120 cm³/mol. The van der Waals surface area contributed by atoms with Crippen molar-refractivity contribution in [3.05, 3.63) is 65.8 Å². The smallest absolute Gasteiger partial charge is 0.170 e. The largest absolute Gasteiger partial charge is 0.504 e. The third-order valence-electron chi connectivity index (χ3n) is 5.66. The normalized spacial score (nSPS) is 14.8. The highest BCUT2D eigenvalue weighted by molar-refractivity contribution is 6.32. The van der Waals surface area contributed by atoms with E-state index < -0.39 is 11.6 Å². The van der Waals surface area contributed by atoms with E-state index in [1.165, 1.54) is 6.07 Å². The molecule has 0 radical (unpaired) electrons. The highest BCUT2D eigenvalue weighted by Crippen LogP contribution is 2.35. The number of phenolic OH excluding ortho intramolecular Hbond substituents is 1. The number of anilines is 2. The quantitative estimate of drug-likeness (QED) is 0.406. The van der Waals surface area contributed by atoms with Gasteiger partial charge < -0.3 is 15.7 Å². The number of aromatic nitrogens is 3. The molecular formula is C23H21ClFN5O. The van der Waals surface area contributed by atoms with Crippen molar-refractivity contribution in [2.75, 3.05) is 18.4 Å². The maximum Gasteiger partial charge on any atom is 0.170 e. The standard InChI is InChI=1S/C23H21ClFN5O/c24-19-10-15(11-20(25)23(19)31)14-1-2-21-18(9-14)22(5-8-27-21)29-16-12-28-30(13-16)17-3-6-26-7-4-17/h1-2,5,8-13,17,26,31H,3-4,6-7H2,(H,27,29). The Morgan fingerprint density at radius 2 is 1.97 bits per heavy atom. The number of phenols is 1. The van der Waals surface area contributed by atoms with Crippen LogP contribution in [0.1, 0.15) is 18.9 Å². The van der Waals surface area contributed by atoms with Gasteiger partial charge in [0, 0.05) is 23.5 Å². The summed E-state index contributed by atoms with van der Waals surface area (Å²) in [7, 11) is 0. The molecule has 1 aliphatic heterocycles. The number of rotatable bonds is 4. The predicted octanol–water partition coefficient (Wildman–Crippen LogP) is 5.26. The lowest BCUT2D eigenvalue weighted by Crippen LogP contribution is -2.29. The number of nitrogens with zero attached hydrogens (tertiary/aromatic N) is 3. The number of pyridine rings is 1. The molecule has 3 N–H and O–H groups in total. The fourth-order valence-electron chi connectivity index (χ4n) is 4.00. The van der Waals surface area contributed by atoms with Crippen LogP contribution in [-0.2, 0) is 0 Å². The number of halogens is 2. The van der Waals surface area contributed by atoms with Crippen molar-refractivity contribution < 1.29 is 9.50 Å². The van der Waals surface area contributed by atoms with E-state index in [2.05, 4.69) is 20.7 Å². The molecule has 6 nitrogen and oxygen atoms in total. The third-order valence-corrected chi connectivity index (χ3v) is 5.94. The van der Waals surface area contributed by atoms with Crippen LogP contribution in [0.5, 0.6) is 5.75 Å². The Kier molecular flexibility index (Phi) is 5.21. The van der Waals surface area contributed by atoms with E-state index in [-0.39, 0.29) is 5.02 Å². The molecule has 0 atom stereocenters. The van der Waals surface area contributed by atoms with Crippen molar-refractivity contribution >= 4 is 33.9 Å². The van der Waals surface area contributed by atoms with Crippen molar-refractivity contribution in [2.45, 2.75) is 18.9 Å². The summed E-state index contributed by atoms with van der Waals surface area (Å²) in [6.07, 6.45) is 7.73. The van der Waals surface area contributed by atoms with Crippen molar-refractivity contribution in [3.63, 3.8) is 0 Å². The molecule has 0 bridgehead atoms. The average Bonchev–Trinajstić information content (AvgIpc) is 3.26. The van der Waals surface area contributed by atoms with Crippen LogP contribution >= 0.6 is 11.6 Å². The molecule has 5 rings (SSSR count). The highest BCUT2D eigenvalue weighted by atomic mass is 35.5. The van der Waals surface area contributed by atoms with E-state index in [4.69, 9.17) is 11.6 Å². The fraction of sp³-hybridized carbons (Fsp3) is 0.217. The second kappa shape index (κ2) is 8.17. The average molecular weight is 438 g/mol. The maximum atomic E-state index is 14.0. The van der Waals surface area contributed by atoms with Gasteiger partial charge in [-0.15, -0.1) is 0 Å².